The number of nitrogens with zero attached hydrogens (tertiary/aromatic N) is 4. The fourth-order valence-electron chi connectivity index (χ4n) is 2.59. The first-order valence-corrected chi connectivity index (χ1v) is 9.18. The van der Waals surface area contributed by atoms with Gasteiger partial charge in [-0.3, -0.25) is 4.90 Å². The smallest absolute Gasteiger partial charge is 0.230 e. The van der Waals surface area contributed by atoms with Crippen LogP contribution in [-0.4, -0.2) is 49.9 Å². The van der Waals surface area contributed by atoms with E-state index in [1.807, 2.05) is 24.3 Å². The summed E-state index contributed by atoms with van der Waals surface area (Å²) in [7, 11) is 1.95. The number of hydrogen-bond donors (Lipinski definition) is 2. The molecule has 2 N–H and O–H groups in total. The van der Waals surface area contributed by atoms with Crippen LogP contribution >= 0.6 is 22.7 Å². The molecular weight excluding hydrogens is 332 g/mol. The summed E-state index contributed by atoms with van der Waals surface area (Å²) < 4.78 is 1.52. The number of likely N-dealkylation sites (N-methyl/N-ethyl adjacent to an activating group) is 1. The lowest BCUT2D eigenvalue weighted by atomic mass is 10.1. The number of aliphatic hydroxyl groups excluding tert-OH is 1. The fourth-order valence-corrected chi connectivity index (χ4v) is 4.91. The second kappa shape index (κ2) is 6.56. The molecule has 1 atom stereocenters. The Morgan fingerprint density at radius 3 is 2.74 bits per heavy atom. The number of aromatic hydroxyl groups is 1. The van der Waals surface area contributed by atoms with Gasteiger partial charge in [-0.15, -0.1) is 16.4 Å². The summed E-state index contributed by atoms with van der Waals surface area (Å²) in [5, 5.41) is 26.4. The minimum atomic E-state index is -0.110. The van der Waals surface area contributed by atoms with Gasteiger partial charge in [-0.1, -0.05) is 18.3 Å². The molecule has 6 nitrogen and oxygen atoms in total. The summed E-state index contributed by atoms with van der Waals surface area (Å²) in [5.41, 5.74) is 1.18. The van der Waals surface area contributed by atoms with E-state index in [1.165, 1.54) is 21.4 Å². The Balaban J connectivity index is 2.11. The minimum absolute atomic E-state index is 0.0684. The molecule has 3 aromatic heterocycles. The SMILES string of the molecule is CCc1nc2sc(C(c3sccc3C)N(C)CCO)c(O)n2n1. The van der Waals surface area contributed by atoms with Crippen molar-refractivity contribution in [3.8, 4) is 5.88 Å². The number of rotatable bonds is 6. The van der Waals surface area contributed by atoms with E-state index in [0.717, 1.165) is 22.0 Å². The zero-order valence-corrected chi connectivity index (χ0v) is 15.0. The number of fused-ring (bicyclic) bond motifs is 1. The fraction of sp³-hybridized carbons (Fsp3) is 0.467. The molecule has 23 heavy (non-hydrogen) atoms. The molecule has 3 aromatic rings. The normalized spacial score (nSPS) is 13.3. The van der Waals surface area contributed by atoms with Gasteiger partial charge in [-0.2, -0.15) is 4.52 Å². The molecular formula is C15H20N4O2S2. The van der Waals surface area contributed by atoms with E-state index in [4.69, 9.17) is 0 Å². The van der Waals surface area contributed by atoms with Crippen LogP contribution in [0.25, 0.3) is 4.96 Å². The summed E-state index contributed by atoms with van der Waals surface area (Å²) in [6.45, 7) is 4.65. The lowest BCUT2D eigenvalue weighted by Crippen LogP contribution is -2.27. The first kappa shape index (κ1) is 16.4. The van der Waals surface area contributed by atoms with Crippen LogP contribution in [0.3, 0.4) is 0 Å². The Bertz CT molecular complexity index is 808. The van der Waals surface area contributed by atoms with Crippen molar-refractivity contribution in [1.29, 1.82) is 0 Å². The molecule has 0 saturated heterocycles. The first-order valence-electron chi connectivity index (χ1n) is 7.49. The van der Waals surface area contributed by atoms with E-state index in [1.54, 1.807) is 11.3 Å². The van der Waals surface area contributed by atoms with Gasteiger partial charge < -0.3 is 10.2 Å². The number of aryl methyl sites for hydroxylation is 2. The highest BCUT2D eigenvalue weighted by Crippen LogP contribution is 2.41. The lowest BCUT2D eigenvalue weighted by molar-refractivity contribution is 0.198. The number of thiazole rings is 1. The molecule has 3 heterocycles. The van der Waals surface area contributed by atoms with Crippen molar-refractivity contribution >= 4 is 27.6 Å². The van der Waals surface area contributed by atoms with Crippen molar-refractivity contribution < 1.29 is 10.2 Å². The minimum Gasteiger partial charge on any atom is -0.492 e. The quantitative estimate of drug-likeness (QED) is 0.713. The maximum atomic E-state index is 10.7. The zero-order valence-electron chi connectivity index (χ0n) is 13.4. The monoisotopic (exact) mass is 352 g/mol. The van der Waals surface area contributed by atoms with Gasteiger partial charge in [-0.05, 0) is 31.0 Å². The maximum absolute atomic E-state index is 10.7. The molecule has 124 valence electrons. The van der Waals surface area contributed by atoms with Crippen LogP contribution in [0.5, 0.6) is 5.88 Å². The van der Waals surface area contributed by atoms with E-state index in [-0.39, 0.29) is 18.5 Å². The summed E-state index contributed by atoms with van der Waals surface area (Å²) in [5.74, 6) is 0.866. The molecule has 0 aliphatic rings. The van der Waals surface area contributed by atoms with Gasteiger partial charge in [0.2, 0.25) is 10.8 Å². The molecule has 0 radical (unpaired) electrons. The highest BCUT2D eigenvalue weighted by molar-refractivity contribution is 7.17. The third-order valence-corrected chi connectivity index (χ3v) is 6.00. The Labute approximate surface area is 142 Å². The Kier molecular flexibility index (Phi) is 4.67. The van der Waals surface area contributed by atoms with Crippen molar-refractivity contribution in [1.82, 2.24) is 19.5 Å². The third kappa shape index (κ3) is 2.87. The van der Waals surface area contributed by atoms with E-state index >= 15 is 0 Å². The maximum Gasteiger partial charge on any atom is 0.230 e. The average Bonchev–Trinajstić information content (AvgIpc) is 3.19. The second-order valence-electron chi connectivity index (χ2n) is 5.44. The number of aliphatic hydroxyl groups is 1. The Morgan fingerprint density at radius 1 is 1.39 bits per heavy atom. The van der Waals surface area contributed by atoms with Crippen molar-refractivity contribution in [2.75, 3.05) is 20.2 Å². The average molecular weight is 352 g/mol. The Hall–Kier alpha value is -1.48. The van der Waals surface area contributed by atoms with Crippen LogP contribution in [0, 0.1) is 6.92 Å². The lowest BCUT2D eigenvalue weighted by Gasteiger charge is -2.26. The summed E-state index contributed by atoms with van der Waals surface area (Å²) >= 11 is 3.11. The summed E-state index contributed by atoms with van der Waals surface area (Å²) in [4.78, 5) is 9.17. The topological polar surface area (TPSA) is 73.9 Å². The van der Waals surface area contributed by atoms with Crippen LogP contribution in [0.1, 0.15) is 34.1 Å². The summed E-state index contributed by atoms with van der Waals surface area (Å²) in [6.07, 6.45) is 0.737. The van der Waals surface area contributed by atoms with Gasteiger partial charge in [0.05, 0.1) is 17.5 Å². The van der Waals surface area contributed by atoms with Gasteiger partial charge >= 0.3 is 0 Å². The van der Waals surface area contributed by atoms with Crippen LogP contribution in [0.15, 0.2) is 11.4 Å². The summed E-state index contributed by atoms with van der Waals surface area (Å²) in [6, 6.07) is 1.96. The van der Waals surface area contributed by atoms with Gasteiger partial charge in [-0.25, -0.2) is 4.98 Å². The first-order chi connectivity index (χ1) is 11.1. The molecule has 0 aliphatic heterocycles. The standard InChI is InChI=1S/C15H20N4O2S2/c1-4-10-16-15-19(17-10)14(21)13(23-15)11(18(3)6-7-20)12-9(2)5-8-22-12/h5,8,11,20-21H,4,6-7H2,1-3H3. The largest absolute Gasteiger partial charge is 0.492 e. The number of hydrogen-bond acceptors (Lipinski definition) is 7. The predicted octanol–water partition coefficient (Wildman–Crippen LogP) is 2.44. The van der Waals surface area contributed by atoms with Crippen LogP contribution in [0.4, 0.5) is 0 Å². The predicted molar refractivity (Wildman–Crippen MR) is 92.5 cm³/mol. The number of thiophene rings is 1. The van der Waals surface area contributed by atoms with Crippen molar-refractivity contribution in [2.24, 2.45) is 0 Å². The molecule has 0 saturated carbocycles. The van der Waals surface area contributed by atoms with Gasteiger partial charge in [0, 0.05) is 17.8 Å². The van der Waals surface area contributed by atoms with Gasteiger partial charge in [0.25, 0.3) is 0 Å². The van der Waals surface area contributed by atoms with Crippen molar-refractivity contribution in [3.63, 3.8) is 0 Å². The zero-order chi connectivity index (χ0) is 16.6. The molecule has 0 amide bonds. The van der Waals surface area contributed by atoms with Crippen LogP contribution in [0.2, 0.25) is 0 Å². The molecule has 0 aromatic carbocycles. The second-order valence-corrected chi connectivity index (χ2v) is 7.40. The third-order valence-electron chi connectivity index (χ3n) is 3.85. The highest BCUT2D eigenvalue weighted by Gasteiger charge is 2.29. The molecule has 0 spiro atoms. The van der Waals surface area contributed by atoms with E-state index < -0.39 is 0 Å². The highest BCUT2D eigenvalue weighted by atomic mass is 32.1. The van der Waals surface area contributed by atoms with E-state index in [2.05, 4.69) is 23.1 Å². The molecule has 3 rings (SSSR count). The molecule has 0 aliphatic carbocycles. The molecule has 1 unspecified atom stereocenters. The molecule has 0 fully saturated rings. The van der Waals surface area contributed by atoms with E-state index in [0.29, 0.717) is 11.5 Å². The van der Waals surface area contributed by atoms with E-state index in [9.17, 15) is 10.2 Å². The van der Waals surface area contributed by atoms with Crippen LogP contribution in [-0.2, 0) is 6.42 Å². The van der Waals surface area contributed by atoms with Crippen LogP contribution < -0.4 is 0 Å². The Morgan fingerprint density at radius 2 is 2.17 bits per heavy atom. The van der Waals surface area contributed by atoms with Crippen molar-refractivity contribution in [2.45, 2.75) is 26.3 Å². The van der Waals surface area contributed by atoms with Gasteiger partial charge in [0.1, 0.15) is 0 Å². The number of aromatic nitrogens is 3. The molecule has 8 heteroatoms. The van der Waals surface area contributed by atoms with Gasteiger partial charge in [0.15, 0.2) is 5.82 Å². The van der Waals surface area contributed by atoms with Crippen molar-refractivity contribution in [3.05, 3.63) is 32.6 Å². The molecule has 0 bridgehead atoms.